The minimum Gasteiger partial charge on any atom is -0.478 e. The predicted molar refractivity (Wildman–Crippen MR) is 62.3 cm³/mol. The van der Waals surface area contributed by atoms with Crippen LogP contribution in [-0.2, 0) is 0 Å². The van der Waals surface area contributed by atoms with Crippen LogP contribution in [0.1, 0.15) is 10.4 Å². The van der Waals surface area contributed by atoms with Crippen LogP contribution >= 0.6 is 38.6 Å². The highest BCUT2D eigenvalue weighted by Gasteiger charge is 2.15. The molecule has 2 nitrogen and oxygen atoms in total. The Kier molecular flexibility index (Phi) is 2.71. The Morgan fingerprint density at radius 1 is 1.21 bits per heavy atom. The van der Waals surface area contributed by atoms with Gasteiger partial charge in [-0.25, -0.2) is 4.79 Å². The summed E-state index contributed by atoms with van der Waals surface area (Å²) in [5.74, 6) is -0.874. The molecule has 5 heteroatoms. The average Bonchev–Trinajstić information content (AvgIpc) is 2.70. The predicted octanol–water partition coefficient (Wildman–Crippen LogP) is 3.94. The highest BCUT2D eigenvalue weighted by molar-refractivity contribution is 9.10. The number of rotatable bonds is 2. The van der Waals surface area contributed by atoms with E-state index in [2.05, 4.69) is 15.9 Å². The summed E-state index contributed by atoms with van der Waals surface area (Å²) >= 11 is 6.38. The summed E-state index contributed by atoms with van der Waals surface area (Å²) in [6.07, 6.45) is 0. The molecule has 2 aromatic heterocycles. The molecule has 72 valence electrons. The van der Waals surface area contributed by atoms with E-state index in [9.17, 15) is 4.79 Å². The molecule has 0 saturated carbocycles. The number of hydrogen-bond donors (Lipinski definition) is 1. The Hall–Kier alpha value is -0.650. The van der Waals surface area contributed by atoms with Gasteiger partial charge in [0.15, 0.2) is 0 Å². The van der Waals surface area contributed by atoms with Gasteiger partial charge in [0.25, 0.3) is 0 Å². The number of carboxylic acid groups (broad SMARTS) is 1. The number of carboxylic acids is 1. The van der Waals surface area contributed by atoms with Crippen molar-refractivity contribution in [1.29, 1.82) is 0 Å². The van der Waals surface area contributed by atoms with Gasteiger partial charge >= 0.3 is 5.97 Å². The van der Waals surface area contributed by atoms with E-state index < -0.39 is 5.97 Å². The number of carbonyl (C=O) groups is 1. The monoisotopic (exact) mass is 288 g/mol. The zero-order valence-corrected chi connectivity index (χ0v) is 10.1. The first-order valence-electron chi connectivity index (χ1n) is 3.74. The Morgan fingerprint density at radius 2 is 1.86 bits per heavy atom. The molecule has 0 radical (unpaired) electrons. The third-order valence-electron chi connectivity index (χ3n) is 1.72. The lowest BCUT2D eigenvalue weighted by Crippen LogP contribution is -1.94. The van der Waals surface area contributed by atoms with Gasteiger partial charge in [-0.1, -0.05) is 0 Å². The van der Waals surface area contributed by atoms with Crippen molar-refractivity contribution in [2.75, 3.05) is 0 Å². The molecular formula is C9H5BrO2S2. The van der Waals surface area contributed by atoms with Gasteiger partial charge in [0.2, 0.25) is 0 Å². The van der Waals surface area contributed by atoms with Crippen LogP contribution in [0.2, 0.25) is 0 Å². The topological polar surface area (TPSA) is 37.3 Å². The van der Waals surface area contributed by atoms with Crippen molar-refractivity contribution in [3.05, 3.63) is 32.9 Å². The van der Waals surface area contributed by atoms with Crippen molar-refractivity contribution in [3.63, 3.8) is 0 Å². The number of thiophene rings is 2. The molecular weight excluding hydrogens is 284 g/mol. The second-order valence-electron chi connectivity index (χ2n) is 2.57. The third kappa shape index (κ3) is 1.63. The second-order valence-corrected chi connectivity index (χ2v) is 5.25. The van der Waals surface area contributed by atoms with Crippen LogP contribution in [0, 0.1) is 0 Å². The van der Waals surface area contributed by atoms with Crippen molar-refractivity contribution in [3.8, 4) is 9.75 Å². The smallest absolute Gasteiger partial charge is 0.337 e. The first-order valence-corrected chi connectivity index (χ1v) is 6.29. The summed E-state index contributed by atoms with van der Waals surface area (Å²) in [5, 5.41) is 12.7. The lowest BCUT2D eigenvalue weighted by Gasteiger charge is -1.96. The molecule has 14 heavy (non-hydrogen) atoms. The fourth-order valence-corrected chi connectivity index (χ4v) is 3.89. The lowest BCUT2D eigenvalue weighted by molar-refractivity contribution is 0.0698. The lowest BCUT2D eigenvalue weighted by atomic mass is 10.2. The molecule has 0 fully saturated rings. The van der Waals surface area contributed by atoms with Crippen molar-refractivity contribution in [2.24, 2.45) is 0 Å². The summed E-state index contributed by atoms with van der Waals surface area (Å²) < 4.78 is 0.951. The molecule has 0 atom stereocenters. The van der Waals surface area contributed by atoms with E-state index in [-0.39, 0.29) is 0 Å². The first-order chi connectivity index (χ1) is 6.70. The molecule has 0 aliphatic rings. The zero-order valence-electron chi connectivity index (χ0n) is 6.86. The summed E-state index contributed by atoms with van der Waals surface area (Å²) in [7, 11) is 0. The van der Waals surface area contributed by atoms with Crippen LogP contribution in [0.25, 0.3) is 9.75 Å². The largest absolute Gasteiger partial charge is 0.478 e. The van der Waals surface area contributed by atoms with Crippen LogP contribution in [-0.4, -0.2) is 11.1 Å². The van der Waals surface area contributed by atoms with Crippen LogP contribution in [0.4, 0.5) is 0 Å². The third-order valence-corrected chi connectivity index (χ3v) is 4.64. The van der Waals surface area contributed by atoms with E-state index in [0.29, 0.717) is 5.56 Å². The van der Waals surface area contributed by atoms with Crippen molar-refractivity contribution < 1.29 is 9.90 Å². The molecule has 0 bridgehead atoms. The van der Waals surface area contributed by atoms with Gasteiger partial charge in [-0.05, 0) is 38.8 Å². The molecule has 0 aliphatic carbocycles. The maximum absolute atomic E-state index is 10.9. The quantitative estimate of drug-likeness (QED) is 0.909. The van der Waals surface area contributed by atoms with Gasteiger partial charge in [0.05, 0.1) is 15.3 Å². The van der Waals surface area contributed by atoms with E-state index >= 15 is 0 Å². The van der Waals surface area contributed by atoms with Crippen LogP contribution in [0.5, 0.6) is 0 Å². The Bertz CT molecular complexity index is 473. The number of halogens is 1. The van der Waals surface area contributed by atoms with Crippen molar-refractivity contribution >= 4 is 44.6 Å². The summed E-state index contributed by atoms with van der Waals surface area (Å²) in [6, 6.07) is 3.56. The van der Waals surface area contributed by atoms with E-state index in [0.717, 1.165) is 14.2 Å². The van der Waals surface area contributed by atoms with E-state index in [1.165, 1.54) is 22.7 Å². The Balaban J connectivity index is 2.57. The van der Waals surface area contributed by atoms with E-state index in [4.69, 9.17) is 5.11 Å². The molecule has 2 aromatic rings. The van der Waals surface area contributed by atoms with Crippen LogP contribution < -0.4 is 0 Å². The molecule has 0 aliphatic heterocycles. The van der Waals surface area contributed by atoms with E-state index in [1.807, 2.05) is 11.4 Å². The highest BCUT2D eigenvalue weighted by Crippen LogP contribution is 2.38. The molecule has 2 rings (SSSR count). The highest BCUT2D eigenvalue weighted by atomic mass is 79.9. The van der Waals surface area contributed by atoms with Crippen molar-refractivity contribution in [2.45, 2.75) is 0 Å². The first kappa shape index (κ1) is 9.89. The SMILES string of the molecule is O=C(O)c1ccsc1-c1sccc1Br. The molecule has 0 saturated heterocycles. The maximum Gasteiger partial charge on any atom is 0.337 e. The fourth-order valence-electron chi connectivity index (χ4n) is 1.11. The summed E-state index contributed by atoms with van der Waals surface area (Å²) in [6.45, 7) is 0. The summed E-state index contributed by atoms with van der Waals surface area (Å²) in [5.41, 5.74) is 0.373. The average molecular weight is 289 g/mol. The maximum atomic E-state index is 10.9. The minimum absolute atomic E-state index is 0.373. The molecule has 0 spiro atoms. The fraction of sp³-hybridized carbons (Fsp3) is 0. The molecule has 2 heterocycles. The minimum atomic E-state index is -0.874. The van der Waals surface area contributed by atoms with Gasteiger partial charge in [-0.3, -0.25) is 0 Å². The standard InChI is InChI=1S/C9H5BrO2S2/c10-6-2-4-14-8(6)7-5(9(11)12)1-3-13-7/h1-4H,(H,11,12). The van der Waals surface area contributed by atoms with E-state index in [1.54, 1.807) is 11.4 Å². The number of aromatic carboxylic acids is 1. The molecule has 0 aromatic carbocycles. The van der Waals surface area contributed by atoms with Crippen LogP contribution in [0.3, 0.4) is 0 Å². The van der Waals surface area contributed by atoms with Gasteiger partial charge < -0.3 is 5.11 Å². The molecule has 0 unspecified atom stereocenters. The van der Waals surface area contributed by atoms with Gasteiger partial charge in [0.1, 0.15) is 0 Å². The summed E-state index contributed by atoms with van der Waals surface area (Å²) in [4.78, 5) is 12.7. The zero-order chi connectivity index (χ0) is 10.1. The number of hydrogen-bond acceptors (Lipinski definition) is 3. The van der Waals surface area contributed by atoms with Crippen LogP contribution in [0.15, 0.2) is 27.4 Å². The van der Waals surface area contributed by atoms with Gasteiger partial charge in [-0.2, -0.15) is 0 Å². The Morgan fingerprint density at radius 3 is 2.43 bits per heavy atom. The van der Waals surface area contributed by atoms with Crippen molar-refractivity contribution in [1.82, 2.24) is 0 Å². The Labute approximate surface area is 97.0 Å². The van der Waals surface area contributed by atoms with Gasteiger partial charge in [-0.15, -0.1) is 22.7 Å². The molecule has 1 N–H and O–H groups in total. The second kappa shape index (κ2) is 3.84. The molecule has 0 amide bonds. The van der Waals surface area contributed by atoms with Gasteiger partial charge in [0, 0.05) is 4.47 Å². The normalized spacial score (nSPS) is 10.4.